The number of halogens is 2. The van der Waals surface area contributed by atoms with Crippen LogP contribution in [0.15, 0.2) is 61.7 Å². The van der Waals surface area contributed by atoms with E-state index in [0.29, 0.717) is 5.75 Å². The van der Waals surface area contributed by atoms with E-state index in [1.165, 1.54) is 59.1 Å². The van der Waals surface area contributed by atoms with Crippen molar-refractivity contribution in [2.24, 2.45) is 21.7 Å². The average molecular weight is 1160 g/mol. The van der Waals surface area contributed by atoms with Crippen LogP contribution in [0, 0.1) is 21.7 Å². The van der Waals surface area contributed by atoms with E-state index in [4.69, 9.17) is 38.5 Å². The van der Waals surface area contributed by atoms with Crippen molar-refractivity contribution in [1.29, 1.82) is 0 Å². The number of alkyl halides is 2. The van der Waals surface area contributed by atoms with Crippen LogP contribution in [0.25, 0.3) is 0 Å². The van der Waals surface area contributed by atoms with Gasteiger partial charge in [-0.25, -0.2) is 0 Å². The first kappa shape index (κ1) is 79.7. The molecule has 8 heteroatoms. The zero-order valence-electron chi connectivity index (χ0n) is 52.8. The maximum absolute atomic E-state index is 9.06. The summed E-state index contributed by atoms with van der Waals surface area (Å²) in [6, 6.07) is 15.0. The van der Waals surface area contributed by atoms with Gasteiger partial charge in [0.1, 0.15) is 0 Å². The summed E-state index contributed by atoms with van der Waals surface area (Å²) in [5.41, 5.74) is 10.4. The third-order valence-electron chi connectivity index (χ3n) is 14.7. The first-order valence-corrected chi connectivity index (χ1v) is 32.3. The zero-order chi connectivity index (χ0) is 59.0. The van der Waals surface area contributed by atoms with Crippen LogP contribution in [-0.4, -0.2) is 69.2 Å². The molecule has 446 valence electrons. The van der Waals surface area contributed by atoms with E-state index in [9.17, 15) is 0 Å². The van der Waals surface area contributed by atoms with Crippen molar-refractivity contribution in [2.45, 2.75) is 256 Å². The fourth-order valence-electron chi connectivity index (χ4n) is 11.6. The van der Waals surface area contributed by atoms with Gasteiger partial charge in [-0.15, -0.1) is 36.4 Å². The minimum absolute atomic E-state index is 0. The first-order valence-electron chi connectivity index (χ1n) is 28.3. The van der Waals surface area contributed by atoms with Gasteiger partial charge in [0.25, 0.3) is 0 Å². The quantitative estimate of drug-likeness (QED) is 0.0283. The highest BCUT2D eigenvalue weighted by molar-refractivity contribution is 7.99. The normalized spacial score (nSPS) is 13.1. The monoisotopic (exact) mass is 1150 g/mol. The number of hydrogen-bond acceptors (Lipinski definition) is 6. The topological polar surface area (TPSA) is 60.7 Å². The molecule has 3 nitrogen and oxygen atoms in total. The molecule has 0 saturated carbocycles. The van der Waals surface area contributed by atoms with Crippen molar-refractivity contribution in [3.05, 3.63) is 95.1 Å². The fraction of sp³-hybridized carbons (Fsp3) is 0.765. The van der Waals surface area contributed by atoms with Crippen molar-refractivity contribution in [1.82, 2.24) is 0 Å². The molecule has 0 aliphatic carbocycles. The second kappa shape index (κ2) is 35.4. The summed E-state index contributed by atoms with van der Waals surface area (Å²) < 4.78 is 0. The standard InChI is InChI=1S/C34H62O2S2.C30H50.C2H6OS.CH2Cl2.CH4/c1-30(2,3)27-22-28(33(8,9)25-31(4,5)14-12-18-37-20-16-35)24-29(23-27)34(10,11)26-32(6,7)15-13-19-38-21-17-36;1-14-16-27(6,7)21-29(10,11)24-18-23(26(3,4)5)19-25(20-24)30(12,13)22-28(8,9)17-15-2;3-1-2-4;2-1-3;/h22-24,35-36H,12-21,25-26H2,1-11H3;14-15,18-20H,1-2,16-17,21-22H2,3-13H3;3-4H,1-2H2;1H2;1H4. The number of aliphatic hydroxyl groups is 3. The molecular formula is C68H124Cl2O3S3. The van der Waals surface area contributed by atoms with E-state index in [1.807, 2.05) is 23.5 Å². The van der Waals surface area contributed by atoms with Crippen LogP contribution in [0.3, 0.4) is 0 Å². The predicted molar refractivity (Wildman–Crippen MR) is 357 cm³/mol. The Kier molecular flexibility index (Phi) is 37.1. The smallest absolute Gasteiger partial charge is 0.0967 e. The van der Waals surface area contributed by atoms with Crippen molar-refractivity contribution in [2.75, 3.05) is 53.9 Å². The number of benzene rings is 2. The zero-order valence-corrected chi connectivity index (χ0v) is 56.9. The average Bonchev–Trinajstić information content (AvgIpc) is 3.24. The van der Waals surface area contributed by atoms with E-state index < -0.39 is 0 Å². The number of hydrogen-bond donors (Lipinski definition) is 4. The number of allylic oxidation sites excluding steroid dienone is 2. The van der Waals surface area contributed by atoms with Gasteiger partial charge in [-0.1, -0.05) is 208 Å². The van der Waals surface area contributed by atoms with E-state index >= 15 is 0 Å². The Morgan fingerprint density at radius 3 is 0.842 bits per heavy atom. The maximum Gasteiger partial charge on any atom is 0.0967 e. The predicted octanol–water partition coefficient (Wildman–Crippen LogP) is 20.9. The SMILES string of the molecule is C.C=CCC(C)(C)CC(C)(C)c1cc(C(C)(C)C)cc(C(C)(C)CC(C)(C)CC=C)c1.CC(C)(CCCSCCO)CC(C)(C)c1cc(C(C)(C)C)cc(C(C)(C)CC(C)(C)CCCSCCO)c1.ClCCl.OCCS. The molecule has 0 aliphatic heterocycles. The lowest BCUT2D eigenvalue weighted by Crippen LogP contribution is -2.30. The van der Waals surface area contributed by atoms with Gasteiger partial charge in [-0.05, 0) is 163 Å². The summed E-state index contributed by atoms with van der Waals surface area (Å²) in [6.07, 6.45) is 15.7. The highest BCUT2D eigenvalue weighted by Gasteiger charge is 2.37. The molecule has 0 heterocycles. The highest BCUT2D eigenvalue weighted by atomic mass is 35.5. The summed E-state index contributed by atoms with van der Waals surface area (Å²) in [4.78, 5) is 0. The number of thiol groups is 1. The summed E-state index contributed by atoms with van der Waals surface area (Å²) in [6.45, 7) is 61.4. The van der Waals surface area contributed by atoms with Crippen LogP contribution in [-0.2, 0) is 32.5 Å². The van der Waals surface area contributed by atoms with Gasteiger partial charge < -0.3 is 15.3 Å². The molecule has 0 amide bonds. The van der Waals surface area contributed by atoms with Gasteiger partial charge >= 0.3 is 0 Å². The highest BCUT2D eigenvalue weighted by Crippen LogP contribution is 2.47. The maximum atomic E-state index is 9.06. The van der Waals surface area contributed by atoms with Crippen LogP contribution in [0.1, 0.15) is 257 Å². The summed E-state index contributed by atoms with van der Waals surface area (Å²) in [7, 11) is 0. The molecule has 0 atom stereocenters. The molecule has 0 aliphatic rings. The third-order valence-corrected chi connectivity index (χ3v) is 17.0. The lowest BCUT2D eigenvalue weighted by molar-refractivity contribution is 0.233. The fourth-order valence-corrected chi connectivity index (χ4v) is 13.0. The van der Waals surface area contributed by atoms with E-state index in [0.717, 1.165) is 61.5 Å². The Balaban J connectivity index is -0.00000126. The van der Waals surface area contributed by atoms with Gasteiger partial charge in [0.15, 0.2) is 0 Å². The molecule has 0 aromatic heterocycles. The van der Waals surface area contributed by atoms with Crippen molar-refractivity contribution in [3.8, 4) is 0 Å². The summed E-state index contributed by atoms with van der Waals surface area (Å²) >= 11 is 16.9. The Labute approximate surface area is 498 Å². The van der Waals surface area contributed by atoms with Gasteiger partial charge in [-0.3, -0.25) is 0 Å². The first-order chi connectivity index (χ1) is 34.0. The van der Waals surface area contributed by atoms with Crippen LogP contribution in [0.2, 0.25) is 0 Å². The molecular weight excluding hydrogens is 1030 g/mol. The van der Waals surface area contributed by atoms with Crippen LogP contribution < -0.4 is 0 Å². The van der Waals surface area contributed by atoms with Crippen molar-refractivity contribution < 1.29 is 15.3 Å². The van der Waals surface area contributed by atoms with E-state index in [1.54, 1.807) is 0 Å². The summed E-state index contributed by atoms with van der Waals surface area (Å²) in [5.74, 6) is 4.55. The lowest BCUT2D eigenvalue weighted by Gasteiger charge is -2.39. The molecule has 2 rings (SSSR count). The van der Waals surface area contributed by atoms with E-state index in [2.05, 4.69) is 227 Å². The second-order valence-electron chi connectivity index (χ2n) is 29.4. The molecule has 76 heavy (non-hydrogen) atoms. The summed E-state index contributed by atoms with van der Waals surface area (Å²) in [5, 5.41) is 26.1. The second-order valence-corrected chi connectivity index (χ2v) is 33.1. The molecule has 2 aromatic carbocycles. The Morgan fingerprint density at radius 1 is 0.421 bits per heavy atom. The minimum Gasteiger partial charge on any atom is -0.396 e. The van der Waals surface area contributed by atoms with Crippen LogP contribution >= 0.6 is 59.4 Å². The van der Waals surface area contributed by atoms with Crippen molar-refractivity contribution in [3.63, 3.8) is 0 Å². The van der Waals surface area contributed by atoms with Gasteiger partial charge in [0.2, 0.25) is 0 Å². The molecule has 0 unspecified atom stereocenters. The third kappa shape index (κ3) is 32.8. The van der Waals surface area contributed by atoms with Gasteiger partial charge in [-0.2, -0.15) is 36.2 Å². The van der Waals surface area contributed by atoms with Gasteiger partial charge in [0.05, 0.1) is 25.2 Å². The molecule has 2 aromatic rings. The Hall–Kier alpha value is -0.570. The number of thioether (sulfide) groups is 2. The molecule has 0 radical (unpaired) electrons. The molecule has 0 spiro atoms. The van der Waals surface area contributed by atoms with Crippen molar-refractivity contribution >= 4 is 59.4 Å². The number of aliphatic hydroxyl groups excluding tert-OH is 3. The van der Waals surface area contributed by atoms with E-state index in [-0.39, 0.29) is 86.7 Å². The molecule has 3 N–H and O–H groups in total. The van der Waals surface area contributed by atoms with Crippen LogP contribution in [0.4, 0.5) is 0 Å². The Morgan fingerprint density at radius 2 is 0.645 bits per heavy atom. The van der Waals surface area contributed by atoms with Gasteiger partial charge in [0, 0.05) is 17.3 Å². The Bertz CT molecular complexity index is 1780. The molecule has 0 fully saturated rings. The number of rotatable bonds is 29. The lowest BCUT2D eigenvalue weighted by atomic mass is 9.65. The minimum atomic E-state index is 0. The molecule has 0 saturated heterocycles. The van der Waals surface area contributed by atoms with Crippen LogP contribution in [0.5, 0.6) is 0 Å². The molecule has 0 bridgehead atoms. The largest absolute Gasteiger partial charge is 0.396 e.